The van der Waals surface area contributed by atoms with Crippen LogP contribution in [0.25, 0.3) is 5.69 Å². The van der Waals surface area contributed by atoms with Gasteiger partial charge in [-0.25, -0.2) is 9.67 Å². The second-order valence-corrected chi connectivity index (χ2v) is 7.66. The highest BCUT2D eigenvalue weighted by Gasteiger charge is 2.18. The number of carbonyl (C=O) groups excluding carboxylic acids is 1. The van der Waals surface area contributed by atoms with Gasteiger partial charge in [0.05, 0.1) is 19.8 Å². The van der Waals surface area contributed by atoms with E-state index in [1.165, 1.54) is 0 Å². The minimum Gasteiger partial charge on any atom is -0.494 e. The van der Waals surface area contributed by atoms with Gasteiger partial charge in [0.2, 0.25) is 0 Å². The fraction of sp³-hybridized carbons (Fsp3) is 0.348. The van der Waals surface area contributed by atoms with Crippen LogP contribution in [-0.2, 0) is 11.3 Å². The van der Waals surface area contributed by atoms with Crippen LogP contribution in [0.1, 0.15) is 28.5 Å². The van der Waals surface area contributed by atoms with E-state index in [4.69, 9.17) is 9.47 Å². The van der Waals surface area contributed by atoms with Gasteiger partial charge in [0.1, 0.15) is 17.3 Å². The Hall–Kier alpha value is -3.39. The fourth-order valence-corrected chi connectivity index (χ4v) is 3.57. The van der Waals surface area contributed by atoms with Crippen molar-refractivity contribution in [1.82, 2.24) is 20.1 Å². The molecule has 8 nitrogen and oxygen atoms in total. The molecule has 3 heterocycles. The summed E-state index contributed by atoms with van der Waals surface area (Å²) in [6, 6.07) is 11.5. The number of amides is 1. The lowest BCUT2D eigenvalue weighted by atomic mass is 10.2. The van der Waals surface area contributed by atoms with Crippen LogP contribution in [0.15, 0.2) is 48.8 Å². The van der Waals surface area contributed by atoms with Crippen molar-refractivity contribution in [2.45, 2.75) is 26.5 Å². The monoisotopic (exact) mass is 421 g/mol. The van der Waals surface area contributed by atoms with E-state index in [-0.39, 0.29) is 12.0 Å². The lowest BCUT2D eigenvalue weighted by Crippen LogP contribution is -2.41. The van der Waals surface area contributed by atoms with Crippen molar-refractivity contribution in [3.05, 3.63) is 65.6 Å². The molecule has 0 spiro atoms. The Kier molecular flexibility index (Phi) is 6.18. The molecule has 1 unspecified atom stereocenters. The van der Waals surface area contributed by atoms with Gasteiger partial charge in [-0.15, -0.1) is 0 Å². The maximum Gasteiger partial charge on any atom is 0.272 e. The van der Waals surface area contributed by atoms with Crippen LogP contribution in [0.4, 0.5) is 5.82 Å². The van der Waals surface area contributed by atoms with Gasteiger partial charge in [0.15, 0.2) is 5.69 Å². The van der Waals surface area contributed by atoms with E-state index in [9.17, 15) is 4.79 Å². The number of anilines is 1. The van der Waals surface area contributed by atoms with Gasteiger partial charge < -0.3 is 19.7 Å². The topological polar surface area (TPSA) is 81.5 Å². The largest absolute Gasteiger partial charge is 0.494 e. The number of pyridine rings is 1. The average Bonchev–Trinajstić information content (AvgIpc) is 3.28. The summed E-state index contributed by atoms with van der Waals surface area (Å²) in [5.74, 6) is 1.38. The second kappa shape index (κ2) is 9.18. The molecule has 1 amide bonds. The quantitative estimate of drug-likeness (QED) is 0.659. The number of aromatic nitrogens is 3. The first-order chi connectivity index (χ1) is 15.0. The van der Waals surface area contributed by atoms with Gasteiger partial charge >= 0.3 is 0 Å². The molecule has 0 bridgehead atoms. The summed E-state index contributed by atoms with van der Waals surface area (Å²) in [7, 11) is 1.62. The Morgan fingerprint density at radius 2 is 2.16 bits per heavy atom. The Morgan fingerprint density at radius 1 is 1.29 bits per heavy atom. The molecule has 31 heavy (non-hydrogen) atoms. The minimum atomic E-state index is -0.239. The SMILES string of the molecule is COc1ccc(C)cc1-n1ccc(C(=O)NCc2ccc(N3CCOC(C)C3)nc2)n1. The van der Waals surface area contributed by atoms with Gasteiger partial charge in [-0.3, -0.25) is 4.79 Å². The Bertz CT molecular complexity index is 1050. The highest BCUT2D eigenvalue weighted by atomic mass is 16.5. The third kappa shape index (κ3) is 4.86. The number of methoxy groups -OCH3 is 1. The van der Waals surface area contributed by atoms with Crippen LogP contribution >= 0.6 is 0 Å². The molecule has 0 aliphatic carbocycles. The highest BCUT2D eigenvalue weighted by molar-refractivity contribution is 5.92. The number of rotatable bonds is 6. The van der Waals surface area contributed by atoms with Crippen LogP contribution in [0.3, 0.4) is 0 Å². The van der Waals surface area contributed by atoms with Gasteiger partial charge in [0, 0.05) is 32.0 Å². The van der Waals surface area contributed by atoms with Crippen LogP contribution in [0.5, 0.6) is 5.75 Å². The van der Waals surface area contributed by atoms with Crippen molar-refractivity contribution < 1.29 is 14.3 Å². The third-order valence-electron chi connectivity index (χ3n) is 5.23. The van der Waals surface area contributed by atoms with E-state index in [0.717, 1.165) is 35.7 Å². The molecular formula is C23H27N5O3. The molecular weight excluding hydrogens is 394 g/mol. The molecule has 1 aromatic carbocycles. The van der Waals surface area contributed by atoms with Crippen molar-refractivity contribution in [2.75, 3.05) is 31.7 Å². The molecule has 0 radical (unpaired) electrons. The number of hydrogen-bond acceptors (Lipinski definition) is 6. The summed E-state index contributed by atoms with van der Waals surface area (Å²) in [6.07, 6.45) is 3.76. The lowest BCUT2D eigenvalue weighted by Gasteiger charge is -2.32. The van der Waals surface area contributed by atoms with E-state index in [2.05, 4.69) is 27.2 Å². The Labute approximate surface area is 181 Å². The molecule has 3 aromatic rings. The number of ether oxygens (including phenoxy) is 2. The van der Waals surface area contributed by atoms with E-state index < -0.39 is 0 Å². The van der Waals surface area contributed by atoms with Crippen LogP contribution < -0.4 is 15.0 Å². The molecule has 1 aliphatic rings. The minimum absolute atomic E-state index is 0.203. The fourth-order valence-electron chi connectivity index (χ4n) is 3.57. The summed E-state index contributed by atoms with van der Waals surface area (Å²) in [5.41, 5.74) is 3.15. The number of nitrogens with zero attached hydrogens (tertiary/aromatic N) is 4. The van der Waals surface area contributed by atoms with Crippen LogP contribution in [0, 0.1) is 6.92 Å². The normalized spacial score (nSPS) is 16.2. The zero-order valence-electron chi connectivity index (χ0n) is 18.0. The third-order valence-corrected chi connectivity index (χ3v) is 5.23. The number of morpholine rings is 1. The van der Waals surface area contributed by atoms with E-state index in [1.807, 2.05) is 37.3 Å². The van der Waals surface area contributed by atoms with Crippen molar-refractivity contribution >= 4 is 11.7 Å². The highest BCUT2D eigenvalue weighted by Crippen LogP contribution is 2.23. The predicted octanol–water partition coefficient (Wildman–Crippen LogP) is 2.74. The van der Waals surface area contributed by atoms with Gasteiger partial charge in [-0.05, 0) is 49.2 Å². The summed E-state index contributed by atoms with van der Waals surface area (Å²) in [6.45, 7) is 6.82. The van der Waals surface area contributed by atoms with Crippen molar-refractivity contribution in [2.24, 2.45) is 0 Å². The number of hydrogen-bond donors (Lipinski definition) is 1. The first kappa shape index (κ1) is 20.9. The maximum atomic E-state index is 12.6. The standard InChI is InChI=1S/C23H27N5O3/c1-16-4-6-21(30-3)20(12-16)28-9-8-19(26-28)23(29)25-14-18-5-7-22(24-13-18)27-10-11-31-17(2)15-27/h4-9,12-13,17H,10-11,14-15H2,1-3H3,(H,25,29). The number of benzene rings is 1. The predicted molar refractivity (Wildman–Crippen MR) is 118 cm³/mol. The van der Waals surface area contributed by atoms with Crippen LogP contribution in [0.2, 0.25) is 0 Å². The zero-order valence-corrected chi connectivity index (χ0v) is 18.0. The summed E-state index contributed by atoms with van der Waals surface area (Å²) >= 11 is 0. The molecule has 162 valence electrons. The van der Waals surface area contributed by atoms with E-state index in [0.29, 0.717) is 24.6 Å². The Morgan fingerprint density at radius 3 is 2.90 bits per heavy atom. The molecule has 0 saturated carbocycles. The van der Waals surface area contributed by atoms with Crippen LogP contribution in [-0.4, -0.2) is 53.6 Å². The Balaban J connectivity index is 1.38. The lowest BCUT2D eigenvalue weighted by molar-refractivity contribution is 0.0529. The molecule has 2 aromatic heterocycles. The van der Waals surface area contributed by atoms with Gasteiger partial charge in [-0.2, -0.15) is 5.10 Å². The average molecular weight is 422 g/mol. The molecule has 1 saturated heterocycles. The molecule has 1 aliphatic heterocycles. The van der Waals surface area contributed by atoms with Crippen molar-refractivity contribution in [3.63, 3.8) is 0 Å². The van der Waals surface area contributed by atoms with Gasteiger partial charge in [0.25, 0.3) is 5.91 Å². The summed E-state index contributed by atoms with van der Waals surface area (Å²) in [4.78, 5) is 19.3. The first-order valence-corrected chi connectivity index (χ1v) is 10.3. The van der Waals surface area contributed by atoms with E-state index in [1.54, 1.807) is 30.3 Å². The van der Waals surface area contributed by atoms with Crippen molar-refractivity contribution in [3.8, 4) is 11.4 Å². The van der Waals surface area contributed by atoms with E-state index >= 15 is 0 Å². The number of nitrogens with one attached hydrogen (secondary N) is 1. The molecule has 4 rings (SSSR count). The van der Waals surface area contributed by atoms with Gasteiger partial charge in [-0.1, -0.05) is 12.1 Å². The van der Waals surface area contributed by atoms with Crippen molar-refractivity contribution in [1.29, 1.82) is 0 Å². The summed E-state index contributed by atoms with van der Waals surface area (Å²) < 4.78 is 12.6. The molecule has 8 heteroatoms. The number of carbonyl (C=O) groups is 1. The summed E-state index contributed by atoms with van der Waals surface area (Å²) in [5, 5.41) is 7.32. The maximum absolute atomic E-state index is 12.6. The molecule has 1 N–H and O–H groups in total. The number of aryl methyl sites for hydroxylation is 1. The molecule has 1 atom stereocenters. The smallest absolute Gasteiger partial charge is 0.272 e. The second-order valence-electron chi connectivity index (χ2n) is 7.66. The first-order valence-electron chi connectivity index (χ1n) is 10.3. The zero-order chi connectivity index (χ0) is 21.8. The molecule has 1 fully saturated rings.